The Labute approximate surface area is 125 Å². The predicted molar refractivity (Wildman–Crippen MR) is 83.1 cm³/mol. The average Bonchev–Trinajstić information content (AvgIpc) is 2.39. The zero-order valence-corrected chi connectivity index (χ0v) is 13.4. The van der Waals surface area contributed by atoms with Crippen molar-refractivity contribution in [1.82, 2.24) is 0 Å². The summed E-state index contributed by atoms with van der Waals surface area (Å²) in [5.74, 6) is -0.360. The highest BCUT2D eigenvalue weighted by Gasteiger charge is 2.33. The van der Waals surface area contributed by atoms with Gasteiger partial charge in [-0.25, -0.2) is 0 Å². The summed E-state index contributed by atoms with van der Waals surface area (Å²) in [7, 11) is 0. The number of aryl methyl sites for hydroxylation is 1. The summed E-state index contributed by atoms with van der Waals surface area (Å²) >= 11 is 1.01. The number of ether oxygens (including phenoxy) is 1. The number of carbonyl (C=O) groups is 2. The van der Waals surface area contributed by atoms with E-state index < -0.39 is 4.75 Å². The molecule has 0 radical (unpaired) electrons. The van der Waals surface area contributed by atoms with Crippen LogP contribution in [-0.4, -0.2) is 22.4 Å². The predicted octanol–water partition coefficient (Wildman–Crippen LogP) is 3.85. The molecule has 0 aliphatic carbocycles. The second-order valence-corrected chi connectivity index (χ2v) is 6.66. The molecule has 110 valence electrons. The molecule has 3 nitrogen and oxygen atoms in total. The summed E-state index contributed by atoms with van der Waals surface area (Å²) in [6.45, 7) is 7.62. The smallest absolute Gasteiger partial charge is 0.322 e. The first-order valence-electron chi connectivity index (χ1n) is 6.90. The molecule has 20 heavy (non-hydrogen) atoms. The van der Waals surface area contributed by atoms with Gasteiger partial charge < -0.3 is 4.74 Å². The van der Waals surface area contributed by atoms with E-state index in [-0.39, 0.29) is 11.1 Å². The van der Waals surface area contributed by atoms with Gasteiger partial charge in [0, 0.05) is 5.56 Å². The summed E-state index contributed by atoms with van der Waals surface area (Å²) in [5, 5.41) is -0.105. The Bertz CT molecular complexity index is 463. The van der Waals surface area contributed by atoms with Gasteiger partial charge in [-0.1, -0.05) is 49.4 Å². The van der Waals surface area contributed by atoms with Crippen LogP contribution in [0, 0.1) is 0 Å². The van der Waals surface area contributed by atoms with Gasteiger partial charge in [0.2, 0.25) is 5.12 Å². The van der Waals surface area contributed by atoms with Crippen LogP contribution in [0.3, 0.4) is 0 Å². The Balaban J connectivity index is 2.72. The fourth-order valence-electron chi connectivity index (χ4n) is 1.73. The molecule has 0 saturated heterocycles. The van der Waals surface area contributed by atoms with Crippen molar-refractivity contribution in [3.8, 4) is 0 Å². The van der Waals surface area contributed by atoms with Crippen LogP contribution in [-0.2, 0) is 16.0 Å². The minimum absolute atomic E-state index is 0.105. The fraction of sp³-hybridized carbons (Fsp3) is 0.500. The van der Waals surface area contributed by atoms with Crippen LogP contribution in [0.25, 0.3) is 0 Å². The van der Waals surface area contributed by atoms with Gasteiger partial charge in [-0.2, -0.15) is 0 Å². The first kappa shape index (κ1) is 16.8. The lowest BCUT2D eigenvalue weighted by molar-refractivity contribution is -0.145. The topological polar surface area (TPSA) is 43.4 Å². The van der Waals surface area contributed by atoms with E-state index in [1.165, 1.54) is 5.56 Å². The van der Waals surface area contributed by atoms with E-state index in [0.29, 0.717) is 12.2 Å². The molecule has 4 heteroatoms. The molecule has 0 aromatic heterocycles. The highest BCUT2D eigenvalue weighted by molar-refractivity contribution is 8.15. The van der Waals surface area contributed by atoms with Gasteiger partial charge in [0.25, 0.3) is 0 Å². The molecule has 1 aromatic rings. The van der Waals surface area contributed by atoms with Gasteiger partial charge >= 0.3 is 5.97 Å². The zero-order valence-electron chi connectivity index (χ0n) is 12.6. The molecule has 0 aliphatic heterocycles. The highest BCUT2D eigenvalue weighted by Crippen LogP contribution is 2.29. The van der Waals surface area contributed by atoms with Crippen molar-refractivity contribution in [3.63, 3.8) is 0 Å². The lowest BCUT2D eigenvalue weighted by Crippen LogP contribution is -2.31. The second-order valence-electron chi connectivity index (χ2n) is 5.07. The summed E-state index contributed by atoms with van der Waals surface area (Å²) in [5.41, 5.74) is 1.84. The van der Waals surface area contributed by atoms with Gasteiger partial charge in [-0.15, -0.1) is 0 Å². The third-order valence-corrected chi connectivity index (χ3v) is 3.94. The molecular weight excluding hydrogens is 272 g/mol. The summed E-state index contributed by atoms with van der Waals surface area (Å²) in [6.07, 6.45) is 2.09. The monoisotopic (exact) mass is 294 g/mol. The van der Waals surface area contributed by atoms with Crippen molar-refractivity contribution < 1.29 is 14.3 Å². The molecule has 0 saturated carbocycles. The number of carbonyl (C=O) groups excluding carboxylic acids is 2. The van der Waals surface area contributed by atoms with E-state index >= 15 is 0 Å². The van der Waals surface area contributed by atoms with Crippen LogP contribution in [0.2, 0.25) is 0 Å². The maximum Gasteiger partial charge on any atom is 0.322 e. The van der Waals surface area contributed by atoms with Crippen LogP contribution in [0.1, 0.15) is 50.0 Å². The standard InChI is InChI=1S/C16H22O3S/c1-5-7-12-8-10-13(11-9-12)14(17)20-16(3,4)15(18)19-6-2/h8-11H,5-7H2,1-4H3. The molecular formula is C16H22O3S. The molecule has 0 unspecified atom stereocenters. The lowest BCUT2D eigenvalue weighted by atomic mass is 10.1. The Morgan fingerprint density at radius 2 is 1.75 bits per heavy atom. The number of thioether (sulfide) groups is 1. The first-order chi connectivity index (χ1) is 9.40. The van der Waals surface area contributed by atoms with Crippen LogP contribution < -0.4 is 0 Å². The van der Waals surface area contributed by atoms with Crippen LogP contribution >= 0.6 is 11.8 Å². The summed E-state index contributed by atoms with van der Waals surface area (Å²) in [6, 6.07) is 7.58. The molecule has 0 heterocycles. The van der Waals surface area contributed by atoms with Crippen molar-refractivity contribution >= 4 is 22.8 Å². The molecule has 0 N–H and O–H groups in total. The van der Waals surface area contributed by atoms with E-state index in [2.05, 4.69) is 6.92 Å². The molecule has 0 amide bonds. The third kappa shape index (κ3) is 4.67. The quantitative estimate of drug-likeness (QED) is 0.747. The van der Waals surface area contributed by atoms with E-state index in [0.717, 1.165) is 24.6 Å². The van der Waals surface area contributed by atoms with Gasteiger partial charge in [-0.05, 0) is 32.8 Å². The number of esters is 1. The second kappa shape index (κ2) is 7.48. The fourth-order valence-corrected chi connectivity index (χ4v) is 2.59. The third-order valence-electron chi connectivity index (χ3n) is 2.84. The summed E-state index contributed by atoms with van der Waals surface area (Å²) in [4.78, 5) is 24.0. The van der Waals surface area contributed by atoms with E-state index in [9.17, 15) is 9.59 Å². The Kier molecular flexibility index (Phi) is 6.27. The van der Waals surface area contributed by atoms with Gasteiger partial charge in [0.1, 0.15) is 4.75 Å². The van der Waals surface area contributed by atoms with Crippen LogP contribution in [0.5, 0.6) is 0 Å². The van der Waals surface area contributed by atoms with Crippen molar-refractivity contribution in [1.29, 1.82) is 0 Å². The van der Waals surface area contributed by atoms with Crippen molar-refractivity contribution in [3.05, 3.63) is 35.4 Å². The molecule has 1 aromatic carbocycles. The van der Waals surface area contributed by atoms with E-state index in [4.69, 9.17) is 4.74 Å². The van der Waals surface area contributed by atoms with Crippen molar-refractivity contribution in [2.45, 2.75) is 45.3 Å². The van der Waals surface area contributed by atoms with Crippen LogP contribution in [0.15, 0.2) is 24.3 Å². The number of rotatable bonds is 6. The Hall–Kier alpha value is -1.29. The normalized spacial score (nSPS) is 11.2. The lowest BCUT2D eigenvalue weighted by Gasteiger charge is -2.20. The summed E-state index contributed by atoms with van der Waals surface area (Å²) < 4.78 is 4.12. The Morgan fingerprint density at radius 3 is 2.25 bits per heavy atom. The van der Waals surface area contributed by atoms with Gasteiger partial charge in [-0.3, -0.25) is 9.59 Å². The molecule has 0 bridgehead atoms. The number of hydrogen-bond donors (Lipinski definition) is 0. The minimum atomic E-state index is -0.866. The molecule has 0 fully saturated rings. The Morgan fingerprint density at radius 1 is 1.15 bits per heavy atom. The number of benzene rings is 1. The average molecular weight is 294 g/mol. The SMILES string of the molecule is CCCc1ccc(C(=O)SC(C)(C)C(=O)OCC)cc1. The maximum absolute atomic E-state index is 12.2. The molecule has 1 rings (SSSR count). The first-order valence-corrected chi connectivity index (χ1v) is 7.71. The van der Waals surface area contributed by atoms with Crippen LogP contribution in [0.4, 0.5) is 0 Å². The zero-order chi connectivity index (χ0) is 15.2. The van der Waals surface area contributed by atoms with E-state index in [1.807, 2.05) is 24.3 Å². The largest absolute Gasteiger partial charge is 0.465 e. The van der Waals surface area contributed by atoms with Gasteiger partial charge in [0.05, 0.1) is 6.61 Å². The van der Waals surface area contributed by atoms with E-state index in [1.54, 1.807) is 20.8 Å². The van der Waals surface area contributed by atoms with Crippen molar-refractivity contribution in [2.24, 2.45) is 0 Å². The minimum Gasteiger partial charge on any atom is -0.465 e. The number of hydrogen-bond acceptors (Lipinski definition) is 4. The molecule has 0 atom stereocenters. The molecule has 0 aliphatic rings. The van der Waals surface area contributed by atoms with Crippen molar-refractivity contribution in [2.75, 3.05) is 6.61 Å². The highest BCUT2D eigenvalue weighted by atomic mass is 32.2. The maximum atomic E-state index is 12.2. The molecule has 0 spiro atoms. The van der Waals surface area contributed by atoms with Gasteiger partial charge in [0.15, 0.2) is 0 Å².